The van der Waals surface area contributed by atoms with Crippen LogP contribution in [0.2, 0.25) is 0 Å². The summed E-state index contributed by atoms with van der Waals surface area (Å²) in [6, 6.07) is 1.75. The van der Waals surface area contributed by atoms with Gasteiger partial charge in [0, 0.05) is 18.7 Å². The van der Waals surface area contributed by atoms with Crippen molar-refractivity contribution < 1.29 is 14.1 Å². The summed E-state index contributed by atoms with van der Waals surface area (Å²) in [6.07, 6.45) is 4.26. The minimum atomic E-state index is -0.548. The Labute approximate surface area is 127 Å². The number of rotatable bonds is 7. The predicted molar refractivity (Wildman–Crippen MR) is 78.4 cm³/mol. The van der Waals surface area contributed by atoms with Crippen LogP contribution in [0.15, 0.2) is 23.0 Å². The molecule has 0 saturated heterocycles. The van der Waals surface area contributed by atoms with E-state index in [9.17, 15) is 14.9 Å². The molecule has 0 unspecified atom stereocenters. The molecular weight excluding hydrogens is 288 g/mol. The maximum atomic E-state index is 12.6. The lowest BCUT2D eigenvalue weighted by Gasteiger charge is -2.18. The van der Waals surface area contributed by atoms with Crippen LogP contribution in [-0.2, 0) is 13.0 Å². The molecule has 0 aliphatic carbocycles. The number of nitrogens with zero attached hydrogens (tertiary/aromatic N) is 3. The molecular formula is C14H18N4O4. The van der Waals surface area contributed by atoms with Crippen LogP contribution in [0, 0.1) is 10.1 Å². The highest BCUT2D eigenvalue weighted by atomic mass is 16.6. The van der Waals surface area contributed by atoms with Crippen LogP contribution >= 0.6 is 0 Å². The topological polar surface area (TPSA) is 105 Å². The van der Waals surface area contributed by atoms with Crippen molar-refractivity contribution in [1.29, 1.82) is 0 Å². The molecule has 2 heterocycles. The van der Waals surface area contributed by atoms with Gasteiger partial charge in [-0.2, -0.15) is 5.10 Å². The lowest BCUT2D eigenvalue weighted by molar-refractivity contribution is -0.385. The van der Waals surface area contributed by atoms with E-state index >= 15 is 0 Å². The largest absolute Gasteiger partial charge is 0.472 e. The summed E-state index contributed by atoms with van der Waals surface area (Å²) in [5.41, 5.74) is 0.841. The summed E-state index contributed by atoms with van der Waals surface area (Å²) in [5.74, 6) is -0.464. The van der Waals surface area contributed by atoms with E-state index in [0.29, 0.717) is 25.2 Å². The third kappa shape index (κ3) is 3.16. The number of amides is 1. The smallest absolute Gasteiger partial charge is 0.322 e. The van der Waals surface area contributed by atoms with Crippen LogP contribution in [0.1, 0.15) is 42.0 Å². The average Bonchev–Trinajstić information content (AvgIpc) is 3.13. The standard InChI is InChI=1S/C14H18N4O4/c1-3-5-11-13(18(20)21)12(16-15-11)14(19)17(4-2)8-10-6-7-22-9-10/h6-7,9H,3-5,8H2,1-2H3,(H,15,16). The monoisotopic (exact) mass is 306 g/mol. The predicted octanol–water partition coefficient (Wildman–Crippen LogP) is 2.53. The molecule has 0 aromatic carbocycles. The van der Waals surface area contributed by atoms with Crippen molar-refractivity contribution in [3.8, 4) is 0 Å². The zero-order chi connectivity index (χ0) is 16.1. The molecule has 1 amide bonds. The molecule has 2 aromatic rings. The zero-order valence-electron chi connectivity index (χ0n) is 12.5. The van der Waals surface area contributed by atoms with Gasteiger partial charge in [0.25, 0.3) is 5.91 Å². The van der Waals surface area contributed by atoms with Gasteiger partial charge in [-0.15, -0.1) is 0 Å². The molecule has 2 aromatic heterocycles. The third-order valence-electron chi connectivity index (χ3n) is 3.32. The van der Waals surface area contributed by atoms with Crippen molar-refractivity contribution in [3.05, 3.63) is 45.7 Å². The molecule has 0 spiro atoms. The first-order valence-corrected chi connectivity index (χ1v) is 7.10. The van der Waals surface area contributed by atoms with E-state index in [1.807, 2.05) is 13.8 Å². The lowest BCUT2D eigenvalue weighted by Crippen LogP contribution is -2.31. The maximum absolute atomic E-state index is 12.6. The van der Waals surface area contributed by atoms with Crippen LogP contribution < -0.4 is 0 Å². The number of carbonyl (C=O) groups excluding carboxylic acids is 1. The zero-order valence-corrected chi connectivity index (χ0v) is 12.5. The van der Waals surface area contributed by atoms with Gasteiger partial charge in [-0.3, -0.25) is 20.0 Å². The Morgan fingerprint density at radius 1 is 1.50 bits per heavy atom. The molecule has 1 N–H and O–H groups in total. The third-order valence-corrected chi connectivity index (χ3v) is 3.32. The summed E-state index contributed by atoms with van der Waals surface area (Å²) >= 11 is 0. The fourth-order valence-corrected chi connectivity index (χ4v) is 2.22. The molecule has 8 nitrogen and oxygen atoms in total. The molecule has 0 aliphatic heterocycles. The summed E-state index contributed by atoms with van der Waals surface area (Å²) in [5, 5.41) is 17.8. The van der Waals surface area contributed by atoms with Gasteiger partial charge >= 0.3 is 5.69 Å². The first kappa shape index (κ1) is 15.7. The SMILES string of the molecule is CCCc1[nH]nc(C(=O)N(CC)Cc2ccoc2)c1[N+](=O)[O-]. The van der Waals surface area contributed by atoms with Gasteiger partial charge in [0.05, 0.1) is 17.4 Å². The Bertz CT molecular complexity index is 648. The number of nitro groups is 1. The molecule has 0 bridgehead atoms. The minimum Gasteiger partial charge on any atom is -0.472 e. The molecule has 0 aliphatic rings. The molecule has 118 valence electrons. The van der Waals surface area contributed by atoms with E-state index < -0.39 is 10.8 Å². The van der Waals surface area contributed by atoms with E-state index in [1.54, 1.807) is 6.07 Å². The van der Waals surface area contributed by atoms with Gasteiger partial charge in [0.2, 0.25) is 5.69 Å². The first-order chi connectivity index (χ1) is 10.6. The Balaban J connectivity index is 2.29. The molecule has 8 heteroatoms. The van der Waals surface area contributed by atoms with E-state index in [2.05, 4.69) is 10.2 Å². The average molecular weight is 306 g/mol. The quantitative estimate of drug-likeness (QED) is 0.625. The first-order valence-electron chi connectivity index (χ1n) is 7.10. The molecule has 0 radical (unpaired) electrons. The summed E-state index contributed by atoms with van der Waals surface area (Å²) in [7, 11) is 0. The number of aryl methyl sites for hydroxylation is 1. The Morgan fingerprint density at radius 3 is 2.82 bits per heavy atom. The van der Waals surface area contributed by atoms with Crippen LogP contribution in [0.5, 0.6) is 0 Å². The fourth-order valence-electron chi connectivity index (χ4n) is 2.22. The fraction of sp³-hybridized carbons (Fsp3) is 0.429. The van der Waals surface area contributed by atoms with Crippen molar-refractivity contribution in [2.45, 2.75) is 33.2 Å². The van der Waals surface area contributed by atoms with Crippen molar-refractivity contribution >= 4 is 11.6 Å². The highest BCUT2D eigenvalue weighted by molar-refractivity contribution is 5.96. The van der Waals surface area contributed by atoms with E-state index in [-0.39, 0.29) is 11.4 Å². The molecule has 0 fully saturated rings. The number of hydrogen-bond acceptors (Lipinski definition) is 5. The highest BCUT2D eigenvalue weighted by Crippen LogP contribution is 2.24. The highest BCUT2D eigenvalue weighted by Gasteiger charge is 2.31. The lowest BCUT2D eigenvalue weighted by atomic mass is 10.2. The van der Waals surface area contributed by atoms with Gasteiger partial charge in [-0.25, -0.2) is 0 Å². The summed E-state index contributed by atoms with van der Waals surface area (Å²) in [4.78, 5) is 24.8. The number of aromatic nitrogens is 2. The van der Waals surface area contributed by atoms with Crippen molar-refractivity contribution in [2.24, 2.45) is 0 Å². The van der Waals surface area contributed by atoms with E-state index in [0.717, 1.165) is 12.0 Å². The molecule has 2 rings (SSSR count). The Morgan fingerprint density at radius 2 is 2.27 bits per heavy atom. The van der Waals surface area contributed by atoms with Crippen molar-refractivity contribution in [3.63, 3.8) is 0 Å². The van der Waals surface area contributed by atoms with Gasteiger partial charge in [-0.05, 0) is 19.4 Å². The number of carbonyl (C=O) groups is 1. The number of hydrogen-bond donors (Lipinski definition) is 1. The second-order valence-corrected chi connectivity index (χ2v) is 4.86. The number of H-pyrrole nitrogens is 1. The molecule has 0 saturated carbocycles. The summed E-state index contributed by atoms with van der Waals surface area (Å²) in [6.45, 7) is 4.45. The second kappa shape index (κ2) is 6.88. The number of furan rings is 1. The summed E-state index contributed by atoms with van der Waals surface area (Å²) < 4.78 is 4.98. The van der Waals surface area contributed by atoms with Crippen molar-refractivity contribution in [2.75, 3.05) is 6.54 Å². The van der Waals surface area contributed by atoms with Gasteiger partial charge in [-0.1, -0.05) is 13.3 Å². The van der Waals surface area contributed by atoms with Gasteiger partial charge in [0.1, 0.15) is 5.69 Å². The normalized spacial score (nSPS) is 10.6. The van der Waals surface area contributed by atoms with Gasteiger partial charge in [0.15, 0.2) is 0 Å². The Kier molecular flexibility index (Phi) is 4.92. The van der Waals surface area contributed by atoms with Crippen LogP contribution in [0.3, 0.4) is 0 Å². The van der Waals surface area contributed by atoms with E-state index in [1.165, 1.54) is 17.4 Å². The molecule has 0 atom stereocenters. The molecule has 22 heavy (non-hydrogen) atoms. The van der Waals surface area contributed by atoms with Crippen molar-refractivity contribution in [1.82, 2.24) is 15.1 Å². The minimum absolute atomic E-state index is 0.140. The maximum Gasteiger partial charge on any atom is 0.322 e. The van der Waals surface area contributed by atoms with Crippen LogP contribution in [0.4, 0.5) is 5.69 Å². The number of nitrogens with one attached hydrogen (secondary N) is 1. The van der Waals surface area contributed by atoms with Crippen LogP contribution in [-0.4, -0.2) is 32.5 Å². The van der Waals surface area contributed by atoms with Crippen LogP contribution in [0.25, 0.3) is 0 Å². The Hall–Kier alpha value is -2.64. The van der Waals surface area contributed by atoms with Gasteiger partial charge < -0.3 is 9.32 Å². The number of aromatic amines is 1. The second-order valence-electron chi connectivity index (χ2n) is 4.86. The van der Waals surface area contributed by atoms with E-state index in [4.69, 9.17) is 4.42 Å².